The Bertz CT molecular complexity index is 834. The SMILES string of the molecule is Cc1ccccc1Nc1c(C(=O)O)cnc2ccccc12.Cl. The molecule has 0 radical (unpaired) electrons. The number of rotatable bonds is 3. The van der Waals surface area contributed by atoms with Gasteiger partial charge in [-0.25, -0.2) is 4.79 Å². The Morgan fingerprint density at radius 1 is 1.09 bits per heavy atom. The first kappa shape index (κ1) is 15.8. The number of carbonyl (C=O) groups is 1. The predicted molar refractivity (Wildman–Crippen MR) is 90.4 cm³/mol. The van der Waals surface area contributed by atoms with E-state index in [0.29, 0.717) is 5.69 Å². The van der Waals surface area contributed by atoms with Gasteiger partial charge in [-0.05, 0) is 24.6 Å². The average Bonchev–Trinajstić information content (AvgIpc) is 2.49. The van der Waals surface area contributed by atoms with Crippen molar-refractivity contribution >= 4 is 40.7 Å². The van der Waals surface area contributed by atoms with Crippen molar-refractivity contribution < 1.29 is 9.90 Å². The summed E-state index contributed by atoms with van der Waals surface area (Å²) >= 11 is 0. The second-order valence-electron chi connectivity index (χ2n) is 4.81. The molecule has 22 heavy (non-hydrogen) atoms. The number of anilines is 2. The maximum Gasteiger partial charge on any atom is 0.339 e. The van der Waals surface area contributed by atoms with Crippen molar-refractivity contribution in [2.45, 2.75) is 6.92 Å². The Labute approximate surface area is 134 Å². The molecule has 2 aromatic carbocycles. The fraction of sp³-hybridized carbons (Fsp3) is 0.0588. The molecule has 0 fully saturated rings. The smallest absolute Gasteiger partial charge is 0.339 e. The van der Waals surface area contributed by atoms with Crippen LogP contribution < -0.4 is 5.32 Å². The Morgan fingerprint density at radius 2 is 1.77 bits per heavy atom. The van der Waals surface area contributed by atoms with E-state index in [4.69, 9.17) is 0 Å². The minimum atomic E-state index is -0.996. The molecule has 4 nitrogen and oxygen atoms in total. The van der Waals surface area contributed by atoms with Gasteiger partial charge >= 0.3 is 5.97 Å². The van der Waals surface area contributed by atoms with Gasteiger partial charge in [-0.1, -0.05) is 36.4 Å². The number of benzene rings is 2. The first-order chi connectivity index (χ1) is 10.2. The highest BCUT2D eigenvalue weighted by molar-refractivity contribution is 6.05. The molecule has 0 unspecified atom stereocenters. The summed E-state index contributed by atoms with van der Waals surface area (Å²) in [7, 11) is 0. The number of para-hydroxylation sites is 2. The van der Waals surface area contributed by atoms with Crippen LogP contribution in [-0.2, 0) is 0 Å². The van der Waals surface area contributed by atoms with Gasteiger partial charge in [0.2, 0.25) is 0 Å². The van der Waals surface area contributed by atoms with Gasteiger partial charge in [-0.15, -0.1) is 12.4 Å². The average molecular weight is 315 g/mol. The summed E-state index contributed by atoms with van der Waals surface area (Å²) in [5.41, 5.74) is 3.43. The molecule has 0 aliphatic carbocycles. The zero-order valence-corrected chi connectivity index (χ0v) is 12.7. The lowest BCUT2D eigenvalue weighted by Gasteiger charge is -2.14. The zero-order valence-electron chi connectivity index (χ0n) is 11.9. The van der Waals surface area contributed by atoms with Crippen molar-refractivity contribution in [2.24, 2.45) is 0 Å². The second-order valence-corrected chi connectivity index (χ2v) is 4.81. The Morgan fingerprint density at radius 3 is 2.50 bits per heavy atom. The molecule has 2 N–H and O–H groups in total. The Hall–Kier alpha value is -2.59. The molecule has 0 amide bonds. The lowest BCUT2D eigenvalue weighted by Crippen LogP contribution is -2.05. The van der Waals surface area contributed by atoms with Crippen LogP contribution in [0.3, 0.4) is 0 Å². The fourth-order valence-electron chi connectivity index (χ4n) is 2.29. The minimum absolute atomic E-state index is 0. The van der Waals surface area contributed by atoms with Crippen molar-refractivity contribution in [2.75, 3.05) is 5.32 Å². The molecule has 0 aliphatic heterocycles. The van der Waals surface area contributed by atoms with Crippen molar-refractivity contribution in [1.82, 2.24) is 4.98 Å². The molecule has 1 heterocycles. The highest BCUT2D eigenvalue weighted by Crippen LogP contribution is 2.30. The van der Waals surface area contributed by atoms with Crippen molar-refractivity contribution in [3.05, 3.63) is 65.9 Å². The summed E-state index contributed by atoms with van der Waals surface area (Å²) in [5.74, 6) is -0.996. The number of pyridine rings is 1. The number of nitrogens with one attached hydrogen (secondary N) is 1. The molecule has 0 atom stereocenters. The number of hydrogen-bond acceptors (Lipinski definition) is 3. The summed E-state index contributed by atoms with van der Waals surface area (Å²) in [5, 5.41) is 13.4. The summed E-state index contributed by atoms with van der Waals surface area (Å²) in [6.07, 6.45) is 1.39. The van der Waals surface area contributed by atoms with Gasteiger partial charge in [0, 0.05) is 17.3 Å². The van der Waals surface area contributed by atoms with Gasteiger partial charge in [0.15, 0.2) is 0 Å². The normalized spacial score (nSPS) is 10.0. The molecule has 0 saturated heterocycles. The molecule has 0 aliphatic rings. The number of fused-ring (bicyclic) bond motifs is 1. The first-order valence-corrected chi connectivity index (χ1v) is 6.60. The van der Waals surface area contributed by atoms with Gasteiger partial charge < -0.3 is 10.4 Å². The monoisotopic (exact) mass is 314 g/mol. The molecule has 0 saturated carbocycles. The van der Waals surface area contributed by atoms with Crippen LogP contribution in [-0.4, -0.2) is 16.1 Å². The lowest BCUT2D eigenvalue weighted by atomic mass is 10.1. The van der Waals surface area contributed by atoms with Crippen molar-refractivity contribution in [3.8, 4) is 0 Å². The molecule has 3 aromatic rings. The number of hydrogen-bond donors (Lipinski definition) is 2. The number of aromatic nitrogens is 1. The predicted octanol–water partition coefficient (Wildman–Crippen LogP) is 4.41. The van der Waals surface area contributed by atoms with E-state index in [0.717, 1.165) is 22.2 Å². The fourth-order valence-corrected chi connectivity index (χ4v) is 2.29. The van der Waals surface area contributed by atoms with Gasteiger partial charge in [0.05, 0.1) is 11.2 Å². The molecule has 0 spiro atoms. The van der Waals surface area contributed by atoms with E-state index in [1.807, 2.05) is 55.5 Å². The van der Waals surface area contributed by atoms with E-state index in [1.165, 1.54) is 6.20 Å². The van der Waals surface area contributed by atoms with Gasteiger partial charge in [-0.3, -0.25) is 4.98 Å². The number of carboxylic acid groups (broad SMARTS) is 1. The maximum atomic E-state index is 11.5. The largest absolute Gasteiger partial charge is 0.478 e. The van der Waals surface area contributed by atoms with Crippen LogP contribution in [0.25, 0.3) is 10.9 Å². The summed E-state index contributed by atoms with van der Waals surface area (Å²) in [4.78, 5) is 15.7. The summed E-state index contributed by atoms with van der Waals surface area (Å²) in [6, 6.07) is 15.3. The van der Waals surface area contributed by atoms with E-state index in [1.54, 1.807) is 0 Å². The highest BCUT2D eigenvalue weighted by Gasteiger charge is 2.15. The second kappa shape index (κ2) is 6.45. The summed E-state index contributed by atoms with van der Waals surface area (Å²) < 4.78 is 0. The van der Waals surface area contributed by atoms with Crippen molar-refractivity contribution in [1.29, 1.82) is 0 Å². The van der Waals surface area contributed by atoms with Crippen LogP contribution in [0, 0.1) is 6.92 Å². The molecule has 112 valence electrons. The lowest BCUT2D eigenvalue weighted by molar-refractivity contribution is 0.0697. The number of halogens is 1. The Balaban J connectivity index is 0.00000176. The van der Waals surface area contributed by atoms with E-state index >= 15 is 0 Å². The third-order valence-corrected chi connectivity index (χ3v) is 3.41. The number of carboxylic acids is 1. The van der Waals surface area contributed by atoms with Gasteiger partial charge in [0.1, 0.15) is 5.56 Å². The van der Waals surface area contributed by atoms with Gasteiger partial charge in [0.25, 0.3) is 0 Å². The number of nitrogens with zero attached hydrogens (tertiary/aromatic N) is 1. The van der Waals surface area contributed by atoms with E-state index < -0.39 is 5.97 Å². The quantitative estimate of drug-likeness (QED) is 0.752. The molecular formula is C17H15ClN2O2. The van der Waals surface area contributed by atoms with Crippen LogP contribution in [0.15, 0.2) is 54.7 Å². The Kier molecular flexibility index (Phi) is 4.63. The van der Waals surface area contributed by atoms with Crippen LogP contribution in [0.4, 0.5) is 11.4 Å². The third kappa shape index (κ3) is 2.87. The minimum Gasteiger partial charge on any atom is -0.478 e. The number of aryl methyl sites for hydroxylation is 1. The highest BCUT2D eigenvalue weighted by atomic mass is 35.5. The standard InChI is InChI=1S/C17H14N2O2.ClH/c1-11-6-2-4-8-14(11)19-16-12-7-3-5-9-15(12)18-10-13(16)17(20)21;/h2-10H,1H3,(H,18,19)(H,20,21);1H. The summed E-state index contributed by atoms with van der Waals surface area (Å²) in [6.45, 7) is 1.98. The van der Waals surface area contributed by atoms with E-state index in [-0.39, 0.29) is 18.0 Å². The van der Waals surface area contributed by atoms with Crippen LogP contribution in [0.2, 0.25) is 0 Å². The van der Waals surface area contributed by atoms with Crippen LogP contribution >= 0.6 is 12.4 Å². The van der Waals surface area contributed by atoms with Gasteiger partial charge in [-0.2, -0.15) is 0 Å². The molecular weight excluding hydrogens is 300 g/mol. The van der Waals surface area contributed by atoms with Crippen LogP contribution in [0.5, 0.6) is 0 Å². The maximum absolute atomic E-state index is 11.5. The molecule has 5 heteroatoms. The van der Waals surface area contributed by atoms with E-state index in [2.05, 4.69) is 10.3 Å². The third-order valence-electron chi connectivity index (χ3n) is 3.41. The topological polar surface area (TPSA) is 62.2 Å². The van der Waals surface area contributed by atoms with E-state index in [9.17, 15) is 9.90 Å². The molecule has 0 bridgehead atoms. The van der Waals surface area contributed by atoms with Crippen molar-refractivity contribution in [3.63, 3.8) is 0 Å². The zero-order chi connectivity index (χ0) is 14.8. The molecule has 3 rings (SSSR count). The van der Waals surface area contributed by atoms with Crippen LogP contribution in [0.1, 0.15) is 15.9 Å². The number of aromatic carboxylic acids is 1. The first-order valence-electron chi connectivity index (χ1n) is 6.60. The molecule has 1 aromatic heterocycles.